The molecule has 4 heteroatoms. The van der Waals surface area contributed by atoms with Crippen LogP contribution in [0.5, 0.6) is 0 Å². The summed E-state index contributed by atoms with van der Waals surface area (Å²) in [7, 11) is 0. The lowest BCUT2D eigenvalue weighted by Gasteiger charge is -2.01. The summed E-state index contributed by atoms with van der Waals surface area (Å²) in [6.07, 6.45) is 3.41. The first kappa shape index (κ1) is 9.42. The molecular weight excluding hydrogens is 220 g/mol. The second kappa shape index (κ2) is 3.64. The van der Waals surface area contributed by atoms with Gasteiger partial charge in [-0.25, -0.2) is 0 Å². The molecule has 80 valence electrons. The zero-order chi connectivity index (χ0) is 11.0. The Morgan fingerprint density at radius 2 is 2.12 bits per heavy atom. The first-order valence-electron chi connectivity index (χ1n) is 5.03. The predicted molar refractivity (Wildman–Crippen MR) is 64.9 cm³/mol. The molecule has 1 aromatic carbocycles. The maximum atomic E-state index is 5.30. The quantitative estimate of drug-likeness (QED) is 0.685. The van der Waals surface area contributed by atoms with Gasteiger partial charge in [0.2, 0.25) is 0 Å². The number of H-pyrrole nitrogens is 1. The highest BCUT2D eigenvalue weighted by Gasteiger charge is 2.04. The Morgan fingerprint density at radius 3 is 2.94 bits per heavy atom. The van der Waals surface area contributed by atoms with Crippen molar-refractivity contribution in [3.05, 3.63) is 53.2 Å². The van der Waals surface area contributed by atoms with E-state index in [-0.39, 0.29) is 0 Å². The van der Waals surface area contributed by atoms with Crippen molar-refractivity contribution in [2.24, 2.45) is 0 Å². The Morgan fingerprint density at radius 1 is 1.25 bits per heavy atom. The minimum atomic E-state index is 0.735. The number of hydrogen-bond acceptors (Lipinski definition) is 2. The number of aromatic amines is 1. The fraction of sp³-hybridized carbons (Fsp3) is 0.0833. The van der Waals surface area contributed by atoms with Crippen LogP contribution in [0.2, 0.25) is 0 Å². The Hall–Kier alpha value is -1.81. The number of hydrogen-bond donors (Lipinski definition) is 1. The van der Waals surface area contributed by atoms with Gasteiger partial charge in [0.25, 0.3) is 0 Å². The maximum absolute atomic E-state index is 5.30. The molecule has 0 saturated heterocycles. The van der Waals surface area contributed by atoms with Crippen molar-refractivity contribution in [2.45, 2.75) is 6.54 Å². The second-order valence-electron chi connectivity index (χ2n) is 3.67. The van der Waals surface area contributed by atoms with E-state index in [2.05, 4.69) is 15.6 Å². The summed E-state index contributed by atoms with van der Waals surface area (Å²) in [5.41, 5.74) is 3.30. The fourth-order valence-corrected chi connectivity index (χ4v) is 2.10. The summed E-state index contributed by atoms with van der Waals surface area (Å²) < 4.78 is 7.86. The Kier molecular flexibility index (Phi) is 2.15. The second-order valence-corrected chi connectivity index (χ2v) is 4.05. The molecule has 0 unspecified atom stereocenters. The van der Waals surface area contributed by atoms with E-state index < -0.39 is 0 Å². The van der Waals surface area contributed by atoms with Crippen LogP contribution in [0.3, 0.4) is 0 Å². The average Bonchev–Trinajstić information content (AvgIpc) is 2.89. The van der Waals surface area contributed by atoms with E-state index in [9.17, 15) is 0 Å². The van der Waals surface area contributed by atoms with Crippen LogP contribution in [-0.4, -0.2) is 9.55 Å². The van der Waals surface area contributed by atoms with Crippen molar-refractivity contribution in [1.29, 1.82) is 0 Å². The van der Waals surface area contributed by atoms with Crippen LogP contribution in [0.15, 0.2) is 47.3 Å². The summed E-state index contributed by atoms with van der Waals surface area (Å²) in [4.78, 5) is 3.19. The maximum Gasteiger partial charge on any atom is 0.178 e. The van der Waals surface area contributed by atoms with Crippen LogP contribution in [0.1, 0.15) is 5.56 Å². The molecule has 2 heterocycles. The van der Waals surface area contributed by atoms with E-state index in [1.807, 2.05) is 24.3 Å². The molecule has 16 heavy (non-hydrogen) atoms. The summed E-state index contributed by atoms with van der Waals surface area (Å²) in [6, 6.07) is 10.0. The van der Waals surface area contributed by atoms with E-state index >= 15 is 0 Å². The van der Waals surface area contributed by atoms with E-state index in [4.69, 9.17) is 16.6 Å². The molecule has 0 aliphatic heterocycles. The fourth-order valence-electron chi connectivity index (χ4n) is 1.83. The van der Waals surface area contributed by atoms with E-state index in [0.717, 1.165) is 27.9 Å². The average molecular weight is 230 g/mol. The molecule has 0 aliphatic rings. The van der Waals surface area contributed by atoms with E-state index in [1.54, 1.807) is 12.5 Å². The van der Waals surface area contributed by atoms with Gasteiger partial charge >= 0.3 is 0 Å². The molecule has 0 fully saturated rings. The van der Waals surface area contributed by atoms with Crippen LogP contribution in [-0.2, 0) is 6.54 Å². The van der Waals surface area contributed by atoms with Gasteiger partial charge in [-0.05, 0) is 30.4 Å². The third-order valence-electron chi connectivity index (χ3n) is 2.60. The summed E-state index contributed by atoms with van der Waals surface area (Å²) >= 11 is 5.30. The van der Waals surface area contributed by atoms with Gasteiger partial charge in [-0.2, -0.15) is 0 Å². The number of fused-ring (bicyclic) bond motifs is 1. The van der Waals surface area contributed by atoms with Crippen LogP contribution in [0, 0.1) is 4.77 Å². The number of aromatic nitrogens is 2. The summed E-state index contributed by atoms with van der Waals surface area (Å²) in [5.74, 6) is 0. The lowest BCUT2D eigenvalue weighted by Crippen LogP contribution is -1.97. The van der Waals surface area contributed by atoms with Crippen LogP contribution in [0.4, 0.5) is 0 Å². The Bertz CT molecular complexity index is 664. The molecule has 3 rings (SSSR count). The number of nitrogens with zero attached hydrogens (tertiary/aromatic N) is 1. The number of rotatable bonds is 2. The molecule has 0 radical (unpaired) electrons. The van der Waals surface area contributed by atoms with Crippen molar-refractivity contribution < 1.29 is 4.42 Å². The highest BCUT2D eigenvalue weighted by atomic mass is 32.1. The molecule has 0 atom stereocenters. The lowest BCUT2D eigenvalue weighted by atomic mass is 10.3. The highest BCUT2D eigenvalue weighted by molar-refractivity contribution is 7.71. The van der Waals surface area contributed by atoms with Gasteiger partial charge in [0.1, 0.15) is 0 Å². The minimum absolute atomic E-state index is 0.735. The number of furan rings is 1. The number of imidazole rings is 1. The van der Waals surface area contributed by atoms with Crippen molar-refractivity contribution >= 4 is 23.3 Å². The van der Waals surface area contributed by atoms with Crippen LogP contribution in [0.25, 0.3) is 11.0 Å². The van der Waals surface area contributed by atoms with Crippen LogP contribution < -0.4 is 0 Å². The normalized spacial score (nSPS) is 11.0. The van der Waals surface area contributed by atoms with Crippen molar-refractivity contribution in [3.63, 3.8) is 0 Å². The summed E-state index contributed by atoms with van der Waals surface area (Å²) in [6.45, 7) is 0.735. The standard InChI is InChI=1S/C12H10N2OS/c16-12-13-10-3-1-2-4-11(10)14(12)7-9-5-6-15-8-9/h1-6,8H,7H2,(H,13,16). The molecule has 0 spiro atoms. The van der Waals surface area contributed by atoms with E-state index in [0.29, 0.717) is 0 Å². The molecule has 0 amide bonds. The lowest BCUT2D eigenvalue weighted by molar-refractivity contribution is 0.562. The van der Waals surface area contributed by atoms with Gasteiger partial charge in [-0.1, -0.05) is 12.1 Å². The largest absolute Gasteiger partial charge is 0.472 e. The number of para-hydroxylation sites is 2. The number of benzene rings is 1. The summed E-state index contributed by atoms with van der Waals surface area (Å²) in [5, 5.41) is 0. The first-order valence-corrected chi connectivity index (χ1v) is 5.44. The first-order chi connectivity index (χ1) is 7.84. The van der Waals surface area contributed by atoms with Gasteiger partial charge in [0.05, 0.1) is 30.1 Å². The van der Waals surface area contributed by atoms with Crippen molar-refractivity contribution in [1.82, 2.24) is 9.55 Å². The topological polar surface area (TPSA) is 33.9 Å². The molecule has 2 aromatic heterocycles. The molecule has 1 N–H and O–H groups in total. The third-order valence-corrected chi connectivity index (χ3v) is 2.92. The van der Waals surface area contributed by atoms with Gasteiger partial charge < -0.3 is 14.0 Å². The molecule has 0 aliphatic carbocycles. The predicted octanol–water partition coefficient (Wildman–Crippen LogP) is 3.34. The van der Waals surface area contributed by atoms with Gasteiger partial charge in [0, 0.05) is 5.56 Å². The van der Waals surface area contributed by atoms with Gasteiger partial charge in [0.15, 0.2) is 4.77 Å². The third kappa shape index (κ3) is 1.47. The Balaban J connectivity index is 2.16. The minimum Gasteiger partial charge on any atom is -0.472 e. The number of nitrogens with one attached hydrogen (secondary N) is 1. The van der Waals surface area contributed by atoms with Gasteiger partial charge in [-0.15, -0.1) is 0 Å². The van der Waals surface area contributed by atoms with Crippen molar-refractivity contribution in [3.8, 4) is 0 Å². The van der Waals surface area contributed by atoms with Crippen molar-refractivity contribution in [2.75, 3.05) is 0 Å². The molecule has 0 saturated carbocycles. The zero-order valence-electron chi connectivity index (χ0n) is 8.51. The Labute approximate surface area is 97.3 Å². The molecular formula is C12H10N2OS. The zero-order valence-corrected chi connectivity index (χ0v) is 9.33. The molecule has 0 bridgehead atoms. The van der Waals surface area contributed by atoms with Crippen LogP contribution >= 0.6 is 12.2 Å². The van der Waals surface area contributed by atoms with Gasteiger partial charge in [-0.3, -0.25) is 0 Å². The monoisotopic (exact) mass is 230 g/mol. The SMILES string of the molecule is S=c1[nH]c2ccccc2n1Cc1ccoc1. The smallest absolute Gasteiger partial charge is 0.178 e. The van der Waals surface area contributed by atoms with E-state index in [1.165, 1.54) is 0 Å². The molecule has 3 nitrogen and oxygen atoms in total. The molecule has 3 aromatic rings. The highest BCUT2D eigenvalue weighted by Crippen LogP contribution is 2.15.